The number of hydrogen-bond donors (Lipinski definition) is 1. The molecule has 0 radical (unpaired) electrons. The number of nitrogens with zero attached hydrogens (tertiary/aromatic N) is 1. The van der Waals surface area contributed by atoms with E-state index in [2.05, 4.69) is 13.2 Å². The average Bonchev–Trinajstić information content (AvgIpc) is 1.82. The van der Waals surface area contributed by atoms with E-state index in [9.17, 15) is 0 Å². The first-order valence-electron chi connectivity index (χ1n) is 2.33. The normalized spacial score (nSPS) is 9.89. The first-order chi connectivity index (χ1) is 4.20. The fourth-order valence-electron chi connectivity index (χ4n) is 0.316. The smallest absolute Gasteiger partial charge is 0.109 e. The molecule has 2 nitrogen and oxygen atoms in total. The van der Waals surface area contributed by atoms with Crippen LogP contribution in [-0.2, 0) is 0 Å². The van der Waals surface area contributed by atoms with Crippen molar-refractivity contribution in [3.63, 3.8) is 0 Å². The van der Waals surface area contributed by atoms with Gasteiger partial charge in [0.15, 0.2) is 0 Å². The average molecular weight is 121 g/mol. The lowest BCUT2D eigenvalue weighted by molar-refractivity contribution is 0.435. The molecule has 46 valence electrons. The van der Waals surface area contributed by atoms with E-state index in [1.54, 1.807) is 6.07 Å². The zero-order chi connectivity index (χ0) is 7.28. The maximum absolute atomic E-state index is 8.52. The first kappa shape index (κ1) is 7.51. The minimum Gasteiger partial charge on any atom is -0.509 e. The van der Waals surface area contributed by atoms with Gasteiger partial charge in [0.25, 0.3) is 0 Å². The highest BCUT2D eigenvalue weighted by Gasteiger charge is 1.85. The van der Waals surface area contributed by atoms with Gasteiger partial charge >= 0.3 is 0 Å². The Kier molecular flexibility index (Phi) is 2.92. The van der Waals surface area contributed by atoms with Gasteiger partial charge in [0.1, 0.15) is 5.76 Å². The molecule has 0 saturated carbocycles. The van der Waals surface area contributed by atoms with Crippen LogP contribution in [0.15, 0.2) is 36.6 Å². The molecule has 0 spiro atoms. The molecule has 0 fully saturated rings. The summed E-state index contributed by atoms with van der Waals surface area (Å²) in [6, 6.07) is 1.81. The van der Waals surface area contributed by atoms with Crippen LogP contribution in [0.3, 0.4) is 0 Å². The summed E-state index contributed by atoms with van der Waals surface area (Å²) in [6.45, 7) is 6.51. The van der Waals surface area contributed by atoms with Crippen LogP contribution in [0.1, 0.15) is 0 Å². The zero-order valence-corrected chi connectivity index (χ0v) is 4.96. The molecule has 0 aliphatic rings. The van der Waals surface area contributed by atoms with E-state index in [0.717, 1.165) is 0 Å². The van der Waals surface area contributed by atoms with Crippen LogP contribution in [0.2, 0.25) is 0 Å². The second kappa shape index (κ2) is 3.50. The minimum atomic E-state index is -0.133. The molecule has 0 amide bonds. The lowest BCUT2D eigenvalue weighted by atomic mass is 10.2. The summed E-state index contributed by atoms with van der Waals surface area (Å²) in [6.07, 6.45) is 2.59. The third-order valence-electron chi connectivity index (χ3n) is 0.671. The van der Waals surface area contributed by atoms with E-state index in [1.165, 1.54) is 12.2 Å². The number of aliphatic hydroxyl groups excluding tert-OH is 1. The molecule has 0 aromatic carbocycles. The predicted octanol–water partition coefficient (Wildman–Crippen LogP) is 1.69. The van der Waals surface area contributed by atoms with E-state index in [1.807, 2.05) is 0 Å². The molecule has 0 aromatic heterocycles. The van der Waals surface area contributed by atoms with E-state index in [-0.39, 0.29) is 5.76 Å². The van der Waals surface area contributed by atoms with Gasteiger partial charge in [-0.25, -0.2) is 0 Å². The monoisotopic (exact) mass is 121 g/mol. The van der Waals surface area contributed by atoms with Gasteiger partial charge in [0.2, 0.25) is 0 Å². The lowest BCUT2D eigenvalue weighted by Crippen LogP contribution is -1.73. The molecule has 2 heteroatoms. The van der Waals surface area contributed by atoms with E-state index in [0.29, 0.717) is 5.57 Å². The van der Waals surface area contributed by atoms with Crippen molar-refractivity contribution in [3.05, 3.63) is 36.6 Å². The van der Waals surface area contributed by atoms with Crippen molar-refractivity contribution in [2.75, 3.05) is 0 Å². The molecule has 0 aliphatic heterocycles. The number of aliphatic hydroxyl groups is 1. The quantitative estimate of drug-likeness (QED) is 0.343. The highest BCUT2D eigenvalue weighted by Crippen LogP contribution is 1.96. The summed E-state index contributed by atoms with van der Waals surface area (Å²) in [5.41, 5.74) is 0.308. The number of allylic oxidation sites excluding steroid dienone is 3. The Morgan fingerprint density at radius 1 is 1.67 bits per heavy atom. The minimum absolute atomic E-state index is 0.133. The van der Waals surface area contributed by atoms with Crippen LogP contribution in [0.4, 0.5) is 0 Å². The van der Waals surface area contributed by atoms with Gasteiger partial charge in [0, 0.05) is 0 Å². The molecule has 0 bridgehead atoms. The van der Waals surface area contributed by atoms with Crippen molar-refractivity contribution in [2.24, 2.45) is 0 Å². The van der Waals surface area contributed by atoms with Crippen molar-refractivity contribution in [2.45, 2.75) is 0 Å². The Morgan fingerprint density at radius 3 is 2.33 bits per heavy atom. The van der Waals surface area contributed by atoms with E-state index >= 15 is 0 Å². The summed E-state index contributed by atoms with van der Waals surface area (Å²) in [5.74, 6) is -0.133. The Bertz CT molecular complexity index is 195. The molecule has 0 rings (SSSR count). The SMILES string of the molecule is C=C/C(C#N)=C\C(=C)O. The maximum atomic E-state index is 8.52. The van der Waals surface area contributed by atoms with Gasteiger partial charge in [-0.1, -0.05) is 19.2 Å². The fourth-order valence-corrected chi connectivity index (χ4v) is 0.316. The molecule has 0 aliphatic carbocycles. The highest BCUT2D eigenvalue weighted by atomic mass is 16.3. The molecule has 0 heterocycles. The van der Waals surface area contributed by atoms with Crippen LogP contribution in [-0.4, -0.2) is 5.11 Å². The largest absolute Gasteiger partial charge is 0.509 e. The topological polar surface area (TPSA) is 44.0 Å². The van der Waals surface area contributed by atoms with E-state index in [4.69, 9.17) is 10.4 Å². The Balaban J connectivity index is 4.30. The molecule has 1 N–H and O–H groups in total. The van der Waals surface area contributed by atoms with Crippen molar-refractivity contribution in [1.82, 2.24) is 0 Å². The van der Waals surface area contributed by atoms with Crippen molar-refractivity contribution >= 4 is 0 Å². The third kappa shape index (κ3) is 3.12. The number of nitriles is 1. The predicted molar refractivity (Wildman–Crippen MR) is 35.7 cm³/mol. The zero-order valence-electron chi connectivity index (χ0n) is 4.96. The van der Waals surface area contributed by atoms with Crippen molar-refractivity contribution < 1.29 is 5.11 Å². The van der Waals surface area contributed by atoms with Crippen LogP contribution in [0.25, 0.3) is 0 Å². The van der Waals surface area contributed by atoms with Crippen LogP contribution in [0, 0.1) is 11.3 Å². The molecule has 0 atom stereocenters. The summed E-state index contributed by atoms with van der Waals surface area (Å²) in [7, 11) is 0. The Labute approximate surface area is 54.0 Å². The van der Waals surface area contributed by atoms with Crippen LogP contribution >= 0.6 is 0 Å². The standard InChI is InChI=1S/C7H7NO/c1-3-7(5-8)4-6(2)9/h3-4,9H,1-2H2/b7-4+. The molecule has 9 heavy (non-hydrogen) atoms. The van der Waals surface area contributed by atoms with Crippen molar-refractivity contribution in [1.29, 1.82) is 5.26 Å². The molecule has 0 unspecified atom stereocenters. The van der Waals surface area contributed by atoms with Crippen LogP contribution in [0.5, 0.6) is 0 Å². The summed E-state index contributed by atoms with van der Waals surface area (Å²) in [4.78, 5) is 0. The first-order valence-corrected chi connectivity index (χ1v) is 2.33. The highest BCUT2D eigenvalue weighted by molar-refractivity contribution is 5.35. The second-order valence-corrected chi connectivity index (χ2v) is 1.41. The lowest BCUT2D eigenvalue weighted by Gasteiger charge is -1.84. The van der Waals surface area contributed by atoms with Crippen molar-refractivity contribution in [3.8, 4) is 6.07 Å². The van der Waals surface area contributed by atoms with Gasteiger partial charge in [0.05, 0.1) is 11.6 Å². The number of rotatable bonds is 2. The van der Waals surface area contributed by atoms with Crippen LogP contribution < -0.4 is 0 Å². The fraction of sp³-hybridized carbons (Fsp3) is 0. The van der Waals surface area contributed by atoms with Gasteiger partial charge in [-0.3, -0.25) is 0 Å². The molecule has 0 saturated heterocycles. The summed E-state index contributed by atoms with van der Waals surface area (Å²) in [5, 5.41) is 16.7. The molecular formula is C7H7NO. The summed E-state index contributed by atoms with van der Waals surface area (Å²) < 4.78 is 0. The Hall–Kier alpha value is -1.49. The van der Waals surface area contributed by atoms with Gasteiger partial charge in [-0.15, -0.1) is 0 Å². The molecule has 0 aromatic rings. The third-order valence-corrected chi connectivity index (χ3v) is 0.671. The number of hydrogen-bond acceptors (Lipinski definition) is 2. The second-order valence-electron chi connectivity index (χ2n) is 1.41. The summed E-state index contributed by atoms with van der Waals surface area (Å²) >= 11 is 0. The van der Waals surface area contributed by atoms with Gasteiger partial charge < -0.3 is 5.11 Å². The van der Waals surface area contributed by atoms with E-state index < -0.39 is 0 Å². The maximum Gasteiger partial charge on any atom is 0.109 e. The van der Waals surface area contributed by atoms with Gasteiger partial charge in [-0.05, 0) is 6.08 Å². The Morgan fingerprint density at radius 2 is 2.22 bits per heavy atom. The van der Waals surface area contributed by atoms with Gasteiger partial charge in [-0.2, -0.15) is 5.26 Å². The molecular weight excluding hydrogens is 114 g/mol.